The molecule has 3 rings (SSSR count). The van der Waals surface area contributed by atoms with Gasteiger partial charge in [0.15, 0.2) is 23.0 Å². The van der Waals surface area contributed by atoms with Gasteiger partial charge in [-0.05, 0) is 57.0 Å². The van der Waals surface area contributed by atoms with Crippen molar-refractivity contribution in [2.75, 3.05) is 34.0 Å². The average molecular weight is 469 g/mol. The molecule has 0 bridgehead atoms. The first-order valence-corrected chi connectivity index (χ1v) is 11.4. The largest absolute Gasteiger partial charge is 0.493 e. The molecule has 0 aliphatic carbocycles. The van der Waals surface area contributed by atoms with Crippen LogP contribution in [0.3, 0.4) is 0 Å². The van der Waals surface area contributed by atoms with Crippen LogP contribution in [0.2, 0.25) is 0 Å². The van der Waals surface area contributed by atoms with Crippen LogP contribution in [0.4, 0.5) is 0 Å². The predicted octanol–water partition coefficient (Wildman–Crippen LogP) is 3.81. The van der Waals surface area contributed by atoms with Gasteiger partial charge in [0.05, 0.1) is 38.4 Å². The molecule has 2 aromatic carbocycles. The summed E-state index contributed by atoms with van der Waals surface area (Å²) in [6, 6.07) is 9.07. The molecule has 3 aromatic rings. The molecule has 34 heavy (non-hydrogen) atoms. The first kappa shape index (κ1) is 25.0. The van der Waals surface area contributed by atoms with E-state index in [0.717, 1.165) is 5.56 Å². The number of methoxy groups -OCH3 is 2. The fourth-order valence-corrected chi connectivity index (χ4v) is 3.80. The highest BCUT2D eigenvalue weighted by Gasteiger charge is 2.18. The number of carbonyl (C=O) groups excluding carboxylic acids is 1. The van der Waals surface area contributed by atoms with Gasteiger partial charge >= 0.3 is 0 Å². The number of pyridine rings is 1. The minimum absolute atomic E-state index is 0.187. The molecule has 1 amide bonds. The zero-order chi connectivity index (χ0) is 24.7. The number of nitrogens with one attached hydrogen (secondary N) is 1. The number of carbonyl (C=O) groups is 1. The molecular weight excluding hydrogens is 436 g/mol. The molecule has 8 heteroatoms. The van der Waals surface area contributed by atoms with Crippen molar-refractivity contribution in [3.63, 3.8) is 0 Å². The van der Waals surface area contributed by atoms with E-state index in [1.54, 1.807) is 18.3 Å². The van der Waals surface area contributed by atoms with E-state index < -0.39 is 0 Å². The van der Waals surface area contributed by atoms with Crippen LogP contribution in [-0.2, 0) is 13.0 Å². The standard InChI is InChI=1S/C26H32N2O6/c1-6-28-16-20(18-14-22(31-4)23(32-5)15-19(18)26(28)30)25(29)27-12-11-17-9-10-21(33-7-2)24(13-17)34-8-3/h9-10,13-16H,6-8,11-12H2,1-5H3,(H,27,29). The van der Waals surface area contributed by atoms with Crippen LogP contribution in [0.15, 0.2) is 41.3 Å². The minimum atomic E-state index is -0.268. The lowest BCUT2D eigenvalue weighted by atomic mass is 10.1. The Labute approximate surface area is 199 Å². The van der Waals surface area contributed by atoms with Gasteiger partial charge in [-0.25, -0.2) is 0 Å². The minimum Gasteiger partial charge on any atom is -0.493 e. The Balaban J connectivity index is 1.85. The highest BCUT2D eigenvalue weighted by molar-refractivity contribution is 6.07. The van der Waals surface area contributed by atoms with Crippen molar-refractivity contribution in [2.24, 2.45) is 0 Å². The van der Waals surface area contributed by atoms with Crippen LogP contribution < -0.4 is 29.8 Å². The molecule has 0 radical (unpaired) electrons. The maximum absolute atomic E-state index is 13.1. The fourth-order valence-electron chi connectivity index (χ4n) is 3.80. The number of fused-ring (bicyclic) bond motifs is 1. The van der Waals surface area contributed by atoms with Gasteiger partial charge < -0.3 is 28.8 Å². The molecule has 0 saturated heterocycles. The second kappa shape index (κ2) is 11.4. The third-order valence-corrected chi connectivity index (χ3v) is 5.48. The normalized spacial score (nSPS) is 10.7. The summed E-state index contributed by atoms with van der Waals surface area (Å²) < 4.78 is 23.5. The number of hydrogen-bond acceptors (Lipinski definition) is 6. The van der Waals surface area contributed by atoms with Crippen molar-refractivity contribution in [2.45, 2.75) is 33.7 Å². The Morgan fingerprint density at radius 1 is 0.882 bits per heavy atom. The Morgan fingerprint density at radius 2 is 1.53 bits per heavy atom. The summed E-state index contributed by atoms with van der Waals surface area (Å²) in [6.07, 6.45) is 2.21. The molecule has 1 aromatic heterocycles. The smallest absolute Gasteiger partial charge is 0.258 e. The van der Waals surface area contributed by atoms with E-state index in [4.69, 9.17) is 18.9 Å². The Kier molecular flexibility index (Phi) is 8.40. The van der Waals surface area contributed by atoms with Crippen LogP contribution in [0, 0.1) is 0 Å². The van der Waals surface area contributed by atoms with Crippen LogP contribution in [0.25, 0.3) is 10.8 Å². The number of amides is 1. The topological polar surface area (TPSA) is 88.0 Å². The number of ether oxygens (including phenoxy) is 4. The van der Waals surface area contributed by atoms with Gasteiger partial charge in [-0.2, -0.15) is 0 Å². The Bertz CT molecular complexity index is 1220. The van der Waals surface area contributed by atoms with Gasteiger partial charge in [0.25, 0.3) is 11.5 Å². The fraction of sp³-hybridized carbons (Fsp3) is 0.385. The number of nitrogens with zero attached hydrogens (tertiary/aromatic N) is 1. The lowest BCUT2D eigenvalue weighted by Gasteiger charge is -2.15. The van der Waals surface area contributed by atoms with E-state index >= 15 is 0 Å². The Hall–Kier alpha value is -3.68. The van der Waals surface area contributed by atoms with Gasteiger partial charge in [0.2, 0.25) is 0 Å². The first-order valence-electron chi connectivity index (χ1n) is 11.4. The summed E-state index contributed by atoms with van der Waals surface area (Å²) in [5, 5.41) is 3.89. The van der Waals surface area contributed by atoms with Crippen molar-refractivity contribution in [1.82, 2.24) is 9.88 Å². The molecule has 1 N–H and O–H groups in total. The summed E-state index contributed by atoms with van der Waals surface area (Å²) in [7, 11) is 3.03. The maximum atomic E-state index is 13.1. The number of benzene rings is 2. The monoisotopic (exact) mass is 468 g/mol. The van der Waals surface area contributed by atoms with Gasteiger partial charge in [0, 0.05) is 24.7 Å². The third kappa shape index (κ3) is 5.27. The molecule has 0 aliphatic heterocycles. The van der Waals surface area contributed by atoms with E-state index in [2.05, 4.69) is 5.32 Å². The van der Waals surface area contributed by atoms with Crippen molar-refractivity contribution in [1.29, 1.82) is 0 Å². The molecule has 0 saturated carbocycles. The summed E-state index contributed by atoms with van der Waals surface area (Å²) in [5.41, 5.74) is 1.23. The van der Waals surface area contributed by atoms with Crippen molar-refractivity contribution in [3.8, 4) is 23.0 Å². The highest BCUT2D eigenvalue weighted by Crippen LogP contribution is 2.32. The predicted molar refractivity (Wildman–Crippen MR) is 132 cm³/mol. The lowest BCUT2D eigenvalue weighted by Crippen LogP contribution is -2.29. The van der Waals surface area contributed by atoms with Gasteiger partial charge in [-0.3, -0.25) is 9.59 Å². The zero-order valence-corrected chi connectivity index (χ0v) is 20.4. The van der Waals surface area contributed by atoms with Crippen LogP contribution in [0.5, 0.6) is 23.0 Å². The van der Waals surface area contributed by atoms with E-state index in [9.17, 15) is 9.59 Å². The van der Waals surface area contributed by atoms with Gasteiger partial charge in [-0.15, -0.1) is 0 Å². The number of rotatable bonds is 11. The molecule has 0 spiro atoms. The molecule has 0 aliphatic rings. The maximum Gasteiger partial charge on any atom is 0.258 e. The van der Waals surface area contributed by atoms with Gasteiger partial charge in [-0.1, -0.05) is 6.07 Å². The number of aryl methyl sites for hydroxylation is 1. The van der Waals surface area contributed by atoms with E-state index in [-0.39, 0.29) is 11.5 Å². The third-order valence-electron chi connectivity index (χ3n) is 5.48. The second-order valence-electron chi connectivity index (χ2n) is 7.54. The second-order valence-corrected chi connectivity index (χ2v) is 7.54. The van der Waals surface area contributed by atoms with Crippen LogP contribution in [0.1, 0.15) is 36.7 Å². The first-order chi connectivity index (χ1) is 16.5. The summed E-state index contributed by atoms with van der Waals surface area (Å²) in [4.78, 5) is 26.0. The summed E-state index contributed by atoms with van der Waals surface area (Å²) in [6.45, 7) is 7.66. The van der Waals surface area contributed by atoms with Crippen molar-refractivity contribution < 1.29 is 23.7 Å². The highest BCUT2D eigenvalue weighted by atomic mass is 16.5. The molecule has 8 nitrogen and oxygen atoms in total. The van der Waals surface area contributed by atoms with E-state index in [1.165, 1.54) is 18.8 Å². The molecule has 182 valence electrons. The van der Waals surface area contributed by atoms with Crippen LogP contribution in [-0.4, -0.2) is 44.5 Å². The molecule has 0 fully saturated rings. The molecular formula is C26H32N2O6. The van der Waals surface area contributed by atoms with E-state index in [0.29, 0.717) is 72.1 Å². The van der Waals surface area contributed by atoms with E-state index in [1.807, 2.05) is 39.0 Å². The van der Waals surface area contributed by atoms with Crippen LogP contribution >= 0.6 is 0 Å². The molecule has 0 atom stereocenters. The number of hydrogen-bond donors (Lipinski definition) is 1. The summed E-state index contributed by atoms with van der Waals surface area (Å²) in [5.74, 6) is 2.02. The lowest BCUT2D eigenvalue weighted by molar-refractivity contribution is 0.0955. The van der Waals surface area contributed by atoms with Crippen molar-refractivity contribution in [3.05, 3.63) is 58.0 Å². The Morgan fingerprint density at radius 3 is 2.15 bits per heavy atom. The quantitative estimate of drug-likeness (QED) is 0.461. The van der Waals surface area contributed by atoms with Crippen molar-refractivity contribution >= 4 is 16.7 Å². The van der Waals surface area contributed by atoms with Gasteiger partial charge in [0.1, 0.15) is 0 Å². The summed E-state index contributed by atoms with van der Waals surface area (Å²) >= 11 is 0. The SMILES string of the molecule is CCOc1ccc(CCNC(=O)c2cn(CC)c(=O)c3cc(OC)c(OC)cc23)cc1OCC. The molecule has 1 heterocycles. The molecule has 0 unspecified atom stereocenters. The zero-order valence-electron chi connectivity index (χ0n) is 20.4. The number of aromatic nitrogens is 1. The average Bonchev–Trinajstić information content (AvgIpc) is 2.85.